The number of hydrogen-bond donors (Lipinski definition) is 3. The Kier molecular flexibility index (Phi) is 6.26. The predicted molar refractivity (Wildman–Crippen MR) is 135 cm³/mol. The van der Waals surface area contributed by atoms with E-state index in [1.54, 1.807) is 11.3 Å². The number of rotatable bonds is 5. The summed E-state index contributed by atoms with van der Waals surface area (Å²) in [6, 6.07) is 4.18. The van der Waals surface area contributed by atoms with E-state index in [9.17, 15) is 9.90 Å². The largest absolute Gasteiger partial charge is 0.390 e. The van der Waals surface area contributed by atoms with E-state index in [0.29, 0.717) is 11.5 Å². The normalized spacial score (nSPS) is 24.2. The number of fused-ring (bicyclic) bond motifs is 1. The molecule has 1 saturated heterocycles. The Morgan fingerprint density at radius 1 is 1.18 bits per heavy atom. The van der Waals surface area contributed by atoms with Crippen molar-refractivity contribution in [2.75, 3.05) is 43.9 Å². The van der Waals surface area contributed by atoms with Gasteiger partial charge in [0.2, 0.25) is 5.95 Å². The van der Waals surface area contributed by atoms with Crippen molar-refractivity contribution in [2.45, 2.75) is 44.2 Å². The molecule has 2 fully saturated rings. The highest BCUT2D eigenvalue weighted by Gasteiger charge is 2.29. The molecule has 1 saturated carbocycles. The zero-order valence-electron chi connectivity index (χ0n) is 19.0. The van der Waals surface area contributed by atoms with E-state index in [1.807, 2.05) is 34.7 Å². The molecule has 0 spiro atoms. The van der Waals surface area contributed by atoms with Crippen molar-refractivity contribution in [2.24, 2.45) is 0 Å². The van der Waals surface area contributed by atoms with Gasteiger partial charge in [-0.05, 0) is 57.2 Å². The SMILES string of the molecule is CN1CCN(C(=O)c2csc(Nc3nc(NC4CCC(C)(O)CC4)c4sccc4n3)c2)CC1. The minimum atomic E-state index is -0.562. The van der Waals surface area contributed by atoms with Crippen molar-refractivity contribution < 1.29 is 9.90 Å². The highest BCUT2D eigenvalue weighted by molar-refractivity contribution is 7.17. The molecule has 0 atom stereocenters. The minimum absolute atomic E-state index is 0.0807. The highest BCUT2D eigenvalue weighted by Crippen LogP contribution is 2.34. The van der Waals surface area contributed by atoms with Crippen LogP contribution in [0.25, 0.3) is 10.2 Å². The Morgan fingerprint density at radius 2 is 1.94 bits per heavy atom. The topological polar surface area (TPSA) is 93.6 Å². The molecule has 3 aromatic rings. The number of amides is 1. The summed E-state index contributed by atoms with van der Waals surface area (Å²) in [4.78, 5) is 26.5. The lowest BCUT2D eigenvalue weighted by molar-refractivity contribution is 0.0196. The Balaban J connectivity index is 1.30. The number of thiophene rings is 2. The number of nitrogens with zero attached hydrogens (tertiary/aromatic N) is 4. The van der Waals surface area contributed by atoms with Crippen LogP contribution in [0, 0.1) is 0 Å². The molecular weight excluding hydrogens is 456 g/mol. The van der Waals surface area contributed by atoms with Gasteiger partial charge in [0.15, 0.2) is 0 Å². The van der Waals surface area contributed by atoms with Gasteiger partial charge < -0.3 is 25.5 Å². The number of piperazine rings is 1. The zero-order valence-corrected chi connectivity index (χ0v) is 20.6. The van der Waals surface area contributed by atoms with Crippen LogP contribution in [0.15, 0.2) is 22.9 Å². The van der Waals surface area contributed by atoms with E-state index < -0.39 is 5.60 Å². The van der Waals surface area contributed by atoms with Gasteiger partial charge in [0.1, 0.15) is 5.82 Å². The molecule has 5 rings (SSSR count). The predicted octanol–water partition coefficient (Wildman–Crippen LogP) is 3.99. The molecule has 1 aliphatic carbocycles. The van der Waals surface area contributed by atoms with E-state index in [0.717, 1.165) is 72.9 Å². The van der Waals surface area contributed by atoms with Crippen molar-refractivity contribution in [1.29, 1.82) is 0 Å². The Hall–Kier alpha value is -2.27. The van der Waals surface area contributed by atoms with E-state index in [1.165, 1.54) is 11.3 Å². The number of carbonyl (C=O) groups is 1. The van der Waals surface area contributed by atoms with Gasteiger partial charge in [-0.15, -0.1) is 22.7 Å². The van der Waals surface area contributed by atoms with Gasteiger partial charge in [-0.1, -0.05) is 0 Å². The van der Waals surface area contributed by atoms with Crippen molar-refractivity contribution >= 4 is 55.6 Å². The quantitative estimate of drug-likeness (QED) is 0.502. The molecule has 0 aromatic carbocycles. The smallest absolute Gasteiger partial charge is 0.254 e. The second kappa shape index (κ2) is 9.17. The molecule has 0 unspecified atom stereocenters. The summed E-state index contributed by atoms with van der Waals surface area (Å²) in [5.41, 5.74) is 1.04. The molecule has 33 heavy (non-hydrogen) atoms. The van der Waals surface area contributed by atoms with Gasteiger partial charge >= 0.3 is 0 Å². The van der Waals surface area contributed by atoms with Crippen LogP contribution in [0.1, 0.15) is 43.0 Å². The van der Waals surface area contributed by atoms with E-state index in [-0.39, 0.29) is 11.9 Å². The van der Waals surface area contributed by atoms with Crippen LogP contribution < -0.4 is 10.6 Å². The van der Waals surface area contributed by atoms with E-state index in [2.05, 4.69) is 27.6 Å². The van der Waals surface area contributed by atoms with Crippen LogP contribution in [0.5, 0.6) is 0 Å². The van der Waals surface area contributed by atoms with Crippen LogP contribution in [0.3, 0.4) is 0 Å². The summed E-state index contributed by atoms with van der Waals surface area (Å²) < 4.78 is 1.04. The maximum atomic E-state index is 12.9. The number of hydrogen-bond acceptors (Lipinski definition) is 9. The first-order valence-corrected chi connectivity index (χ1v) is 13.2. The van der Waals surface area contributed by atoms with Gasteiger partial charge in [-0.3, -0.25) is 4.79 Å². The average molecular weight is 487 g/mol. The standard InChI is InChI=1S/C23H30N6O2S2/c1-23(31)6-3-16(4-7-23)24-20-19-17(5-12-32-19)25-22(27-20)26-18-13-15(14-33-18)21(30)29-10-8-28(2)9-11-29/h5,12-14,16,31H,3-4,6-11H2,1-2H3,(H2,24,25,26,27). The van der Waals surface area contributed by atoms with E-state index in [4.69, 9.17) is 4.98 Å². The summed E-state index contributed by atoms with van der Waals surface area (Å²) in [5.74, 6) is 1.43. The van der Waals surface area contributed by atoms with Gasteiger partial charge in [0.25, 0.3) is 5.91 Å². The fourth-order valence-corrected chi connectivity index (χ4v) is 5.96. The summed E-state index contributed by atoms with van der Waals surface area (Å²) >= 11 is 3.12. The fraction of sp³-hybridized carbons (Fsp3) is 0.522. The Labute approximate surface area is 201 Å². The monoisotopic (exact) mass is 486 g/mol. The molecule has 1 aliphatic heterocycles. The second-order valence-corrected chi connectivity index (χ2v) is 11.2. The summed E-state index contributed by atoms with van der Waals surface area (Å²) in [7, 11) is 2.08. The maximum Gasteiger partial charge on any atom is 0.254 e. The first-order chi connectivity index (χ1) is 15.9. The van der Waals surface area contributed by atoms with Crippen molar-refractivity contribution in [1.82, 2.24) is 19.8 Å². The fourth-order valence-electron chi connectivity index (χ4n) is 4.41. The van der Waals surface area contributed by atoms with Gasteiger partial charge in [-0.25, -0.2) is 4.98 Å². The summed E-state index contributed by atoms with van der Waals surface area (Å²) in [6.45, 7) is 5.25. The lowest BCUT2D eigenvalue weighted by Crippen LogP contribution is -2.47. The molecule has 4 heterocycles. The Bertz CT molecular complexity index is 1130. The maximum absolute atomic E-state index is 12.9. The molecule has 176 valence electrons. The summed E-state index contributed by atoms with van der Waals surface area (Å²) in [6.07, 6.45) is 3.39. The second-order valence-electron chi connectivity index (χ2n) is 9.37. The average Bonchev–Trinajstić information content (AvgIpc) is 3.45. The molecule has 3 aromatic heterocycles. The molecule has 3 N–H and O–H groups in total. The number of likely N-dealkylation sites (N-methyl/N-ethyl adjacent to an activating group) is 1. The van der Waals surface area contributed by atoms with Crippen LogP contribution in [-0.4, -0.2) is 75.7 Å². The molecule has 2 aliphatic rings. The first kappa shape index (κ1) is 22.5. The lowest BCUT2D eigenvalue weighted by atomic mass is 9.84. The number of nitrogens with one attached hydrogen (secondary N) is 2. The molecule has 8 nitrogen and oxygen atoms in total. The van der Waals surface area contributed by atoms with Crippen molar-refractivity contribution in [3.8, 4) is 0 Å². The molecule has 1 amide bonds. The van der Waals surface area contributed by atoms with E-state index >= 15 is 0 Å². The third-order valence-electron chi connectivity index (χ3n) is 6.58. The summed E-state index contributed by atoms with van der Waals surface area (Å²) in [5, 5.41) is 21.9. The highest BCUT2D eigenvalue weighted by atomic mass is 32.1. The zero-order chi connectivity index (χ0) is 23.0. The number of aromatic nitrogens is 2. The first-order valence-electron chi connectivity index (χ1n) is 11.4. The third kappa shape index (κ3) is 5.13. The number of aliphatic hydroxyl groups is 1. The molecule has 0 radical (unpaired) electrons. The van der Waals surface area contributed by atoms with Crippen LogP contribution in [0.2, 0.25) is 0 Å². The number of carbonyl (C=O) groups excluding carboxylic acids is 1. The van der Waals surface area contributed by atoms with Gasteiger partial charge in [-0.2, -0.15) is 4.98 Å². The van der Waals surface area contributed by atoms with Crippen LogP contribution in [-0.2, 0) is 0 Å². The van der Waals surface area contributed by atoms with Crippen molar-refractivity contribution in [3.63, 3.8) is 0 Å². The lowest BCUT2D eigenvalue weighted by Gasteiger charge is -2.33. The van der Waals surface area contributed by atoms with Crippen LogP contribution >= 0.6 is 22.7 Å². The van der Waals surface area contributed by atoms with Crippen molar-refractivity contribution in [3.05, 3.63) is 28.5 Å². The minimum Gasteiger partial charge on any atom is -0.390 e. The molecule has 0 bridgehead atoms. The number of anilines is 3. The molecular formula is C23H30N6O2S2. The third-order valence-corrected chi connectivity index (χ3v) is 8.34. The molecule has 10 heteroatoms. The Morgan fingerprint density at radius 3 is 2.70 bits per heavy atom. The van der Waals surface area contributed by atoms with Crippen LogP contribution in [0.4, 0.5) is 16.8 Å². The van der Waals surface area contributed by atoms with Gasteiger partial charge in [0, 0.05) is 37.6 Å². The van der Waals surface area contributed by atoms with Gasteiger partial charge in [0.05, 0.1) is 26.4 Å².